The van der Waals surface area contributed by atoms with Gasteiger partial charge in [-0.15, -0.1) is 11.3 Å². The van der Waals surface area contributed by atoms with E-state index in [9.17, 15) is 4.79 Å². The van der Waals surface area contributed by atoms with Crippen LogP contribution in [0.1, 0.15) is 24.3 Å². The molecular weight excluding hydrogens is 196 g/mol. The molecule has 0 spiro atoms. The van der Waals surface area contributed by atoms with Gasteiger partial charge in [-0.3, -0.25) is 0 Å². The highest BCUT2D eigenvalue weighted by molar-refractivity contribution is 7.10. The number of urea groups is 1. The molecule has 0 fully saturated rings. The SMILES string of the molecule is Cc1ccsc1CNC(=O)NC(C)C. The molecule has 14 heavy (non-hydrogen) atoms. The van der Waals surface area contributed by atoms with Gasteiger partial charge >= 0.3 is 6.03 Å². The largest absolute Gasteiger partial charge is 0.336 e. The summed E-state index contributed by atoms with van der Waals surface area (Å²) in [4.78, 5) is 12.5. The maximum absolute atomic E-state index is 11.2. The summed E-state index contributed by atoms with van der Waals surface area (Å²) in [5.41, 5.74) is 1.24. The second-order valence-corrected chi connectivity index (χ2v) is 4.51. The van der Waals surface area contributed by atoms with Gasteiger partial charge in [-0.05, 0) is 37.8 Å². The number of carbonyl (C=O) groups is 1. The minimum atomic E-state index is -0.104. The molecule has 1 heterocycles. The number of hydrogen-bond acceptors (Lipinski definition) is 2. The smallest absolute Gasteiger partial charge is 0.315 e. The highest BCUT2D eigenvalue weighted by Gasteiger charge is 2.04. The molecule has 0 saturated carbocycles. The fraction of sp³-hybridized carbons (Fsp3) is 0.500. The van der Waals surface area contributed by atoms with Crippen LogP contribution < -0.4 is 10.6 Å². The van der Waals surface area contributed by atoms with E-state index >= 15 is 0 Å². The van der Waals surface area contributed by atoms with Gasteiger partial charge in [-0.2, -0.15) is 0 Å². The summed E-state index contributed by atoms with van der Waals surface area (Å²) in [5.74, 6) is 0. The molecule has 1 aromatic rings. The van der Waals surface area contributed by atoms with Crippen LogP contribution in [0.2, 0.25) is 0 Å². The summed E-state index contributed by atoms with van der Waals surface area (Å²) in [6.45, 7) is 6.54. The highest BCUT2D eigenvalue weighted by Crippen LogP contribution is 2.14. The summed E-state index contributed by atoms with van der Waals surface area (Å²) in [5, 5.41) is 7.63. The zero-order valence-electron chi connectivity index (χ0n) is 8.76. The zero-order valence-corrected chi connectivity index (χ0v) is 9.57. The second-order valence-electron chi connectivity index (χ2n) is 3.51. The molecule has 78 valence electrons. The summed E-state index contributed by atoms with van der Waals surface area (Å²) in [7, 11) is 0. The Hall–Kier alpha value is -1.03. The van der Waals surface area contributed by atoms with E-state index in [2.05, 4.69) is 16.7 Å². The van der Waals surface area contributed by atoms with E-state index in [4.69, 9.17) is 0 Å². The molecule has 0 aromatic carbocycles. The van der Waals surface area contributed by atoms with E-state index < -0.39 is 0 Å². The number of aryl methyl sites for hydroxylation is 1. The first kappa shape index (κ1) is 11.0. The molecule has 0 aliphatic heterocycles. The molecule has 1 rings (SSSR count). The fourth-order valence-electron chi connectivity index (χ4n) is 1.06. The van der Waals surface area contributed by atoms with Gasteiger partial charge < -0.3 is 10.6 Å². The van der Waals surface area contributed by atoms with Crippen molar-refractivity contribution in [2.75, 3.05) is 0 Å². The van der Waals surface area contributed by atoms with Gasteiger partial charge in [0, 0.05) is 10.9 Å². The summed E-state index contributed by atoms with van der Waals surface area (Å²) in [6.07, 6.45) is 0. The molecule has 0 bridgehead atoms. The Morgan fingerprint density at radius 2 is 2.29 bits per heavy atom. The van der Waals surface area contributed by atoms with Gasteiger partial charge in [0.1, 0.15) is 0 Å². The Kier molecular flexibility index (Phi) is 3.95. The van der Waals surface area contributed by atoms with Crippen LogP contribution in [0.5, 0.6) is 0 Å². The fourth-order valence-corrected chi connectivity index (χ4v) is 1.90. The Labute approximate surface area is 88.5 Å². The van der Waals surface area contributed by atoms with Crippen molar-refractivity contribution in [3.8, 4) is 0 Å². The first-order valence-electron chi connectivity index (χ1n) is 4.67. The lowest BCUT2D eigenvalue weighted by Crippen LogP contribution is -2.38. The molecule has 0 saturated heterocycles. The standard InChI is InChI=1S/C10H16N2OS/c1-7(2)12-10(13)11-6-9-8(3)4-5-14-9/h4-5,7H,6H2,1-3H3,(H2,11,12,13). The molecule has 4 heteroatoms. The molecule has 0 unspecified atom stereocenters. The Morgan fingerprint density at radius 1 is 1.57 bits per heavy atom. The minimum Gasteiger partial charge on any atom is -0.336 e. The Balaban J connectivity index is 2.34. The zero-order chi connectivity index (χ0) is 10.6. The van der Waals surface area contributed by atoms with E-state index in [0.717, 1.165) is 0 Å². The molecule has 0 aliphatic rings. The predicted octanol–water partition coefficient (Wildman–Crippen LogP) is 2.26. The number of thiophene rings is 1. The lowest BCUT2D eigenvalue weighted by molar-refractivity contribution is 0.238. The number of hydrogen-bond donors (Lipinski definition) is 2. The van der Waals surface area contributed by atoms with Gasteiger partial charge in [-0.1, -0.05) is 0 Å². The third-order valence-electron chi connectivity index (χ3n) is 1.80. The van der Waals surface area contributed by atoms with E-state index in [1.807, 2.05) is 26.2 Å². The first-order chi connectivity index (χ1) is 6.59. The van der Waals surface area contributed by atoms with Crippen LogP contribution in [0.15, 0.2) is 11.4 Å². The summed E-state index contributed by atoms with van der Waals surface area (Å²) in [6, 6.07) is 2.13. The minimum absolute atomic E-state index is 0.104. The van der Waals surface area contributed by atoms with E-state index in [1.54, 1.807) is 11.3 Å². The molecule has 0 atom stereocenters. The van der Waals surface area contributed by atoms with Crippen LogP contribution in [0, 0.1) is 6.92 Å². The molecule has 0 radical (unpaired) electrons. The van der Waals surface area contributed by atoms with Gasteiger partial charge in [0.05, 0.1) is 6.54 Å². The highest BCUT2D eigenvalue weighted by atomic mass is 32.1. The number of carbonyl (C=O) groups excluding carboxylic acids is 1. The van der Waals surface area contributed by atoms with E-state index in [-0.39, 0.29) is 12.1 Å². The van der Waals surface area contributed by atoms with Crippen LogP contribution in [-0.2, 0) is 6.54 Å². The van der Waals surface area contributed by atoms with Crippen LogP contribution >= 0.6 is 11.3 Å². The molecule has 1 aromatic heterocycles. The van der Waals surface area contributed by atoms with Crippen LogP contribution in [0.4, 0.5) is 4.79 Å². The molecule has 2 amide bonds. The van der Waals surface area contributed by atoms with E-state index in [1.165, 1.54) is 10.4 Å². The average Bonchev–Trinajstić information content (AvgIpc) is 2.46. The quantitative estimate of drug-likeness (QED) is 0.793. The van der Waals surface area contributed by atoms with Gasteiger partial charge in [-0.25, -0.2) is 4.79 Å². The summed E-state index contributed by atoms with van der Waals surface area (Å²) < 4.78 is 0. The third-order valence-corrected chi connectivity index (χ3v) is 2.82. The molecular formula is C10H16N2OS. The van der Waals surface area contributed by atoms with Crippen LogP contribution in [-0.4, -0.2) is 12.1 Å². The van der Waals surface area contributed by atoms with Gasteiger partial charge in [0.15, 0.2) is 0 Å². The second kappa shape index (κ2) is 5.00. The van der Waals surface area contributed by atoms with Crippen molar-refractivity contribution in [2.45, 2.75) is 33.4 Å². The molecule has 2 N–H and O–H groups in total. The van der Waals surface area contributed by atoms with E-state index in [0.29, 0.717) is 6.54 Å². The third kappa shape index (κ3) is 3.38. The van der Waals surface area contributed by atoms with Crippen molar-refractivity contribution in [1.29, 1.82) is 0 Å². The van der Waals surface area contributed by atoms with Crippen LogP contribution in [0.3, 0.4) is 0 Å². The van der Waals surface area contributed by atoms with Crippen molar-refractivity contribution in [3.63, 3.8) is 0 Å². The lowest BCUT2D eigenvalue weighted by Gasteiger charge is -2.09. The maximum Gasteiger partial charge on any atom is 0.315 e. The topological polar surface area (TPSA) is 41.1 Å². The van der Waals surface area contributed by atoms with Gasteiger partial charge in [0.2, 0.25) is 0 Å². The number of rotatable bonds is 3. The van der Waals surface area contributed by atoms with Crippen molar-refractivity contribution in [3.05, 3.63) is 21.9 Å². The Bertz CT molecular complexity index is 307. The lowest BCUT2D eigenvalue weighted by atomic mass is 10.3. The Morgan fingerprint density at radius 3 is 2.79 bits per heavy atom. The summed E-state index contributed by atoms with van der Waals surface area (Å²) >= 11 is 1.67. The number of amides is 2. The van der Waals surface area contributed by atoms with Crippen molar-refractivity contribution < 1.29 is 4.79 Å². The monoisotopic (exact) mass is 212 g/mol. The number of nitrogens with one attached hydrogen (secondary N) is 2. The van der Waals surface area contributed by atoms with Crippen molar-refractivity contribution in [1.82, 2.24) is 10.6 Å². The molecule has 3 nitrogen and oxygen atoms in total. The maximum atomic E-state index is 11.2. The first-order valence-corrected chi connectivity index (χ1v) is 5.55. The van der Waals surface area contributed by atoms with Crippen LogP contribution in [0.25, 0.3) is 0 Å². The van der Waals surface area contributed by atoms with Crippen molar-refractivity contribution in [2.24, 2.45) is 0 Å². The van der Waals surface area contributed by atoms with Crippen molar-refractivity contribution >= 4 is 17.4 Å². The van der Waals surface area contributed by atoms with Gasteiger partial charge in [0.25, 0.3) is 0 Å². The predicted molar refractivity (Wildman–Crippen MR) is 59.6 cm³/mol. The average molecular weight is 212 g/mol. The normalized spacial score (nSPS) is 10.3. The molecule has 0 aliphatic carbocycles.